The molecule has 0 bridgehead atoms. The highest BCUT2D eigenvalue weighted by Gasteiger charge is 2.38. The molecule has 17 heavy (non-hydrogen) atoms. The molecule has 3 nitrogen and oxygen atoms in total. The quantitative estimate of drug-likeness (QED) is 0.696. The smallest absolute Gasteiger partial charge is 0.223 e. The summed E-state index contributed by atoms with van der Waals surface area (Å²) in [6, 6.07) is 0.777. The first-order valence-corrected chi connectivity index (χ1v) is 7.11. The first-order valence-electron chi connectivity index (χ1n) is 7.11. The van der Waals surface area contributed by atoms with Gasteiger partial charge in [-0.25, -0.2) is 0 Å². The van der Waals surface area contributed by atoms with Crippen LogP contribution in [0.25, 0.3) is 0 Å². The number of carbonyl (C=O) groups is 1. The summed E-state index contributed by atoms with van der Waals surface area (Å²) >= 11 is 0. The average Bonchev–Trinajstić information content (AvgIpc) is 3.01. The van der Waals surface area contributed by atoms with E-state index in [1.54, 1.807) is 0 Å². The molecule has 2 aliphatic carbocycles. The number of hydrogen-bond donors (Lipinski definition) is 2. The number of rotatable bonds is 6. The first kappa shape index (κ1) is 12.9. The third-order valence-electron chi connectivity index (χ3n) is 4.24. The Morgan fingerprint density at radius 1 is 1.24 bits per heavy atom. The summed E-state index contributed by atoms with van der Waals surface area (Å²) in [6.07, 6.45) is 7.18. The molecule has 3 heteroatoms. The van der Waals surface area contributed by atoms with Crippen LogP contribution in [0.2, 0.25) is 0 Å². The van der Waals surface area contributed by atoms with Crippen molar-refractivity contribution in [3.8, 4) is 0 Å². The molecule has 2 rings (SSSR count). The Kier molecular flexibility index (Phi) is 4.08. The molecule has 2 fully saturated rings. The number of nitrogens with one attached hydrogen (secondary N) is 2. The zero-order valence-electron chi connectivity index (χ0n) is 11.2. The van der Waals surface area contributed by atoms with Crippen LogP contribution >= 0.6 is 0 Å². The van der Waals surface area contributed by atoms with Crippen LogP contribution in [-0.4, -0.2) is 25.0 Å². The molecular formula is C14H26N2O. The van der Waals surface area contributed by atoms with Crippen LogP contribution < -0.4 is 10.6 Å². The topological polar surface area (TPSA) is 41.1 Å². The van der Waals surface area contributed by atoms with Gasteiger partial charge in [0.05, 0.1) is 0 Å². The maximum absolute atomic E-state index is 12.0. The Hall–Kier alpha value is -0.570. The van der Waals surface area contributed by atoms with Crippen LogP contribution in [0.3, 0.4) is 0 Å². The summed E-state index contributed by atoms with van der Waals surface area (Å²) in [5.74, 6) is 0.512. The van der Waals surface area contributed by atoms with E-state index in [4.69, 9.17) is 0 Å². The van der Waals surface area contributed by atoms with Gasteiger partial charge in [-0.1, -0.05) is 20.3 Å². The Morgan fingerprint density at radius 2 is 2.00 bits per heavy atom. The van der Waals surface area contributed by atoms with Crippen molar-refractivity contribution in [3.05, 3.63) is 0 Å². The second-order valence-electron chi connectivity index (χ2n) is 6.31. The van der Waals surface area contributed by atoms with E-state index in [0.717, 1.165) is 32.0 Å². The predicted molar refractivity (Wildman–Crippen MR) is 69.8 cm³/mol. The number of amides is 1. The molecule has 98 valence electrons. The van der Waals surface area contributed by atoms with Gasteiger partial charge in [0.1, 0.15) is 0 Å². The van der Waals surface area contributed by atoms with Gasteiger partial charge in [0.25, 0.3) is 0 Å². The standard InChI is InChI=1S/C14H26N2O/c1-14(2)8-3-5-12(14)13(17)16-10-4-9-15-11-6-7-11/h11-12,15H,3-10H2,1-2H3,(H,16,17). The van der Waals surface area contributed by atoms with Crippen molar-refractivity contribution in [2.45, 2.75) is 58.4 Å². The molecule has 1 unspecified atom stereocenters. The van der Waals surface area contributed by atoms with Gasteiger partial charge in [-0.2, -0.15) is 0 Å². The summed E-state index contributed by atoms with van der Waals surface area (Å²) in [7, 11) is 0. The van der Waals surface area contributed by atoms with E-state index in [2.05, 4.69) is 24.5 Å². The maximum atomic E-state index is 12.0. The highest BCUT2D eigenvalue weighted by molar-refractivity contribution is 5.79. The Labute approximate surface area is 105 Å². The van der Waals surface area contributed by atoms with Gasteiger partial charge in [-0.15, -0.1) is 0 Å². The van der Waals surface area contributed by atoms with E-state index < -0.39 is 0 Å². The van der Waals surface area contributed by atoms with Crippen LogP contribution in [0.5, 0.6) is 0 Å². The summed E-state index contributed by atoms with van der Waals surface area (Å²) in [4.78, 5) is 12.0. The van der Waals surface area contributed by atoms with Crippen LogP contribution in [-0.2, 0) is 4.79 Å². The van der Waals surface area contributed by atoms with Gasteiger partial charge in [0.2, 0.25) is 5.91 Å². The molecule has 2 aliphatic rings. The van der Waals surface area contributed by atoms with Crippen molar-refractivity contribution in [1.29, 1.82) is 0 Å². The van der Waals surface area contributed by atoms with E-state index in [9.17, 15) is 4.79 Å². The lowest BCUT2D eigenvalue weighted by Gasteiger charge is -2.25. The lowest BCUT2D eigenvalue weighted by atomic mass is 9.81. The van der Waals surface area contributed by atoms with E-state index >= 15 is 0 Å². The largest absolute Gasteiger partial charge is 0.356 e. The summed E-state index contributed by atoms with van der Waals surface area (Å²) in [5, 5.41) is 6.56. The summed E-state index contributed by atoms with van der Waals surface area (Å²) in [6.45, 7) is 6.31. The monoisotopic (exact) mass is 238 g/mol. The Morgan fingerprint density at radius 3 is 2.59 bits per heavy atom. The molecule has 0 aliphatic heterocycles. The summed E-state index contributed by atoms with van der Waals surface area (Å²) < 4.78 is 0. The normalized spacial score (nSPS) is 27.1. The zero-order chi connectivity index (χ0) is 12.3. The number of carbonyl (C=O) groups excluding carboxylic acids is 1. The van der Waals surface area contributed by atoms with Gasteiger partial charge in [0.15, 0.2) is 0 Å². The van der Waals surface area contributed by atoms with Gasteiger partial charge in [0, 0.05) is 18.5 Å². The van der Waals surface area contributed by atoms with Crippen LogP contribution in [0.4, 0.5) is 0 Å². The minimum absolute atomic E-state index is 0.205. The average molecular weight is 238 g/mol. The van der Waals surface area contributed by atoms with Crippen LogP contribution in [0, 0.1) is 11.3 Å². The van der Waals surface area contributed by atoms with E-state index in [0.29, 0.717) is 0 Å². The van der Waals surface area contributed by atoms with Gasteiger partial charge >= 0.3 is 0 Å². The molecule has 0 aromatic carbocycles. The van der Waals surface area contributed by atoms with Crippen molar-refractivity contribution in [1.82, 2.24) is 10.6 Å². The van der Waals surface area contributed by atoms with Crippen molar-refractivity contribution >= 4 is 5.91 Å². The third-order valence-corrected chi connectivity index (χ3v) is 4.24. The van der Waals surface area contributed by atoms with Crippen LogP contribution in [0.15, 0.2) is 0 Å². The molecule has 0 aromatic heterocycles. The SMILES string of the molecule is CC1(C)CCCC1C(=O)NCCCNC1CC1. The minimum Gasteiger partial charge on any atom is -0.356 e. The summed E-state index contributed by atoms with van der Waals surface area (Å²) in [5.41, 5.74) is 0.205. The molecule has 2 N–H and O–H groups in total. The van der Waals surface area contributed by atoms with Gasteiger partial charge in [-0.3, -0.25) is 4.79 Å². The molecule has 0 heterocycles. The predicted octanol–water partition coefficient (Wildman–Crippen LogP) is 2.07. The second-order valence-corrected chi connectivity index (χ2v) is 6.31. The fraction of sp³-hybridized carbons (Fsp3) is 0.929. The lowest BCUT2D eigenvalue weighted by Crippen LogP contribution is -2.37. The number of hydrogen-bond acceptors (Lipinski definition) is 2. The van der Waals surface area contributed by atoms with E-state index in [1.807, 2.05) is 0 Å². The highest BCUT2D eigenvalue weighted by Crippen LogP contribution is 2.42. The highest BCUT2D eigenvalue weighted by atomic mass is 16.1. The maximum Gasteiger partial charge on any atom is 0.223 e. The zero-order valence-corrected chi connectivity index (χ0v) is 11.2. The van der Waals surface area contributed by atoms with E-state index in [1.165, 1.54) is 25.7 Å². The van der Waals surface area contributed by atoms with Gasteiger partial charge < -0.3 is 10.6 Å². The molecular weight excluding hydrogens is 212 g/mol. The van der Waals surface area contributed by atoms with Crippen molar-refractivity contribution in [2.75, 3.05) is 13.1 Å². The molecule has 0 spiro atoms. The third kappa shape index (κ3) is 3.70. The molecule has 2 saturated carbocycles. The lowest BCUT2D eigenvalue weighted by molar-refractivity contribution is -0.127. The van der Waals surface area contributed by atoms with Crippen molar-refractivity contribution in [3.63, 3.8) is 0 Å². The van der Waals surface area contributed by atoms with Crippen molar-refractivity contribution in [2.24, 2.45) is 11.3 Å². The molecule has 1 amide bonds. The van der Waals surface area contributed by atoms with Gasteiger partial charge in [-0.05, 0) is 44.1 Å². The van der Waals surface area contributed by atoms with E-state index in [-0.39, 0.29) is 17.2 Å². The second kappa shape index (κ2) is 5.38. The molecule has 1 atom stereocenters. The molecule has 0 saturated heterocycles. The first-order chi connectivity index (χ1) is 8.09. The van der Waals surface area contributed by atoms with Crippen molar-refractivity contribution < 1.29 is 4.79 Å². The minimum atomic E-state index is 0.205. The Bertz CT molecular complexity index is 271. The molecule has 0 aromatic rings. The van der Waals surface area contributed by atoms with Crippen LogP contribution in [0.1, 0.15) is 52.4 Å². The Balaban J connectivity index is 1.59. The fourth-order valence-electron chi connectivity index (χ4n) is 2.83. The molecule has 0 radical (unpaired) electrons. The fourth-order valence-corrected chi connectivity index (χ4v) is 2.83.